The summed E-state index contributed by atoms with van der Waals surface area (Å²) in [5.41, 5.74) is 1.34. The Hall–Kier alpha value is -3.16. The number of carbonyl (C=O) groups excluding carboxylic acids is 2. The van der Waals surface area contributed by atoms with E-state index in [1.54, 1.807) is 26.0 Å². The molecule has 6 nitrogen and oxygen atoms in total. The maximum absolute atomic E-state index is 12.7. The highest BCUT2D eigenvalue weighted by Crippen LogP contribution is 2.33. The number of aryl methyl sites for hydroxylation is 1. The third kappa shape index (κ3) is 4.93. The highest BCUT2D eigenvalue weighted by Gasteiger charge is 2.21. The van der Waals surface area contributed by atoms with Crippen LogP contribution in [-0.2, 0) is 0 Å². The molecule has 144 valence electrons. The summed E-state index contributed by atoms with van der Waals surface area (Å²) in [5.74, 6) is -1.29. The molecule has 2 rings (SSSR count). The number of amides is 2. The number of anilines is 1. The Kier molecular flexibility index (Phi) is 6.70. The number of ether oxygens (including phenoxy) is 2. The minimum Gasteiger partial charge on any atom is -0.493 e. The van der Waals surface area contributed by atoms with Crippen molar-refractivity contribution in [3.8, 4) is 11.5 Å². The van der Waals surface area contributed by atoms with E-state index in [1.165, 1.54) is 31.4 Å². The predicted molar refractivity (Wildman–Crippen MR) is 96.8 cm³/mol. The molecular formula is C19H20F2N2O4. The van der Waals surface area contributed by atoms with Gasteiger partial charge in [-0.05, 0) is 43.7 Å². The Morgan fingerprint density at radius 1 is 1.15 bits per heavy atom. The van der Waals surface area contributed by atoms with E-state index in [2.05, 4.69) is 15.4 Å². The number of alkyl halides is 2. The van der Waals surface area contributed by atoms with Gasteiger partial charge in [-0.15, -0.1) is 0 Å². The van der Waals surface area contributed by atoms with Crippen LogP contribution in [0.5, 0.6) is 11.5 Å². The third-order valence-electron chi connectivity index (χ3n) is 3.74. The maximum Gasteiger partial charge on any atom is 0.387 e. The Morgan fingerprint density at radius 3 is 2.52 bits per heavy atom. The van der Waals surface area contributed by atoms with Crippen molar-refractivity contribution in [3.63, 3.8) is 0 Å². The fraction of sp³-hybridized carbons (Fsp3) is 0.263. The zero-order chi connectivity index (χ0) is 20.0. The first kappa shape index (κ1) is 20.2. The van der Waals surface area contributed by atoms with Gasteiger partial charge in [0.25, 0.3) is 11.8 Å². The average molecular weight is 378 g/mol. The molecule has 2 aromatic carbocycles. The Labute approximate surface area is 155 Å². The topological polar surface area (TPSA) is 76.7 Å². The van der Waals surface area contributed by atoms with E-state index in [0.29, 0.717) is 23.4 Å². The summed E-state index contributed by atoms with van der Waals surface area (Å²) in [6.07, 6.45) is 0. The van der Waals surface area contributed by atoms with Crippen LogP contribution in [0.3, 0.4) is 0 Å². The number of methoxy groups -OCH3 is 1. The first-order valence-corrected chi connectivity index (χ1v) is 8.19. The average Bonchev–Trinajstić information content (AvgIpc) is 2.63. The van der Waals surface area contributed by atoms with Crippen molar-refractivity contribution < 1.29 is 27.8 Å². The van der Waals surface area contributed by atoms with Gasteiger partial charge in [-0.1, -0.05) is 12.1 Å². The molecule has 2 aromatic rings. The number of hydrogen-bond acceptors (Lipinski definition) is 4. The van der Waals surface area contributed by atoms with Crippen LogP contribution in [0.15, 0.2) is 36.4 Å². The number of benzene rings is 2. The molecule has 0 fully saturated rings. The third-order valence-corrected chi connectivity index (χ3v) is 3.74. The summed E-state index contributed by atoms with van der Waals surface area (Å²) >= 11 is 0. The molecule has 0 heterocycles. The van der Waals surface area contributed by atoms with Crippen LogP contribution in [0, 0.1) is 6.92 Å². The number of halogens is 2. The van der Waals surface area contributed by atoms with Gasteiger partial charge in [-0.3, -0.25) is 9.59 Å². The second-order valence-corrected chi connectivity index (χ2v) is 5.56. The standard InChI is InChI=1S/C19H20F2N2O4/c1-4-22-17(24)12-9-8-11(2)14(10-12)23-18(25)13-6-5-7-15(26-3)16(13)27-19(20)21/h5-10,19H,4H2,1-3H3,(H,22,24)(H,23,25). The lowest BCUT2D eigenvalue weighted by atomic mass is 10.1. The van der Waals surface area contributed by atoms with E-state index in [1.807, 2.05) is 0 Å². The molecule has 0 unspecified atom stereocenters. The van der Waals surface area contributed by atoms with Crippen molar-refractivity contribution in [1.29, 1.82) is 0 Å². The van der Waals surface area contributed by atoms with Gasteiger partial charge >= 0.3 is 6.61 Å². The number of rotatable bonds is 7. The van der Waals surface area contributed by atoms with Gasteiger partial charge < -0.3 is 20.1 Å². The normalized spacial score (nSPS) is 10.4. The first-order chi connectivity index (χ1) is 12.9. The van der Waals surface area contributed by atoms with Crippen LogP contribution < -0.4 is 20.1 Å². The lowest BCUT2D eigenvalue weighted by molar-refractivity contribution is -0.0515. The highest BCUT2D eigenvalue weighted by molar-refractivity contribution is 6.07. The van der Waals surface area contributed by atoms with E-state index >= 15 is 0 Å². The van der Waals surface area contributed by atoms with Crippen LogP contribution in [0.1, 0.15) is 33.2 Å². The maximum atomic E-state index is 12.7. The first-order valence-electron chi connectivity index (χ1n) is 8.19. The van der Waals surface area contributed by atoms with Crippen molar-refractivity contribution in [1.82, 2.24) is 5.32 Å². The van der Waals surface area contributed by atoms with Crippen molar-refractivity contribution in [3.05, 3.63) is 53.1 Å². The summed E-state index contributed by atoms with van der Waals surface area (Å²) in [7, 11) is 1.29. The lowest BCUT2D eigenvalue weighted by Gasteiger charge is -2.15. The molecule has 0 radical (unpaired) electrons. The van der Waals surface area contributed by atoms with E-state index < -0.39 is 12.5 Å². The largest absolute Gasteiger partial charge is 0.493 e. The molecule has 2 N–H and O–H groups in total. The number of hydrogen-bond donors (Lipinski definition) is 2. The second kappa shape index (κ2) is 8.98. The summed E-state index contributed by atoms with van der Waals surface area (Å²) in [6, 6.07) is 9.08. The molecule has 27 heavy (non-hydrogen) atoms. The minimum absolute atomic E-state index is 0.00995. The summed E-state index contributed by atoms with van der Waals surface area (Å²) in [6.45, 7) is 0.893. The molecule has 8 heteroatoms. The molecule has 2 amide bonds. The summed E-state index contributed by atoms with van der Waals surface area (Å²) < 4.78 is 34.9. The van der Waals surface area contributed by atoms with Crippen LogP contribution in [0.2, 0.25) is 0 Å². The molecule has 0 aromatic heterocycles. The van der Waals surface area contributed by atoms with Crippen molar-refractivity contribution in [2.75, 3.05) is 19.0 Å². The van der Waals surface area contributed by atoms with Crippen LogP contribution >= 0.6 is 0 Å². The Morgan fingerprint density at radius 2 is 1.89 bits per heavy atom. The van der Waals surface area contributed by atoms with Gasteiger partial charge in [-0.2, -0.15) is 8.78 Å². The van der Waals surface area contributed by atoms with E-state index in [4.69, 9.17) is 4.74 Å². The van der Waals surface area contributed by atoms with Gasteiger partial charge in [0.15, 0.2) is 11.5 Å². The van der Waals surface area contributed by atoms with Gasteiger partial charge in [0.1, 0.15) is 0 Å². The van der Waals surface area contributed by atoms with Gasteiger partial charge in [0, 0.05) is 17.8 Å². The van der Waals surface area contributed by atoms with Gasteiger partial charge in [0.2, 0.25) is 0 Å². The molecule has 0 saturated carbocycles. The number of carbonyl (C=O) groups is 2. The molecule has 0 aliphatic rings. The van der Waals surface area contributed by atoms with Crippen molar-refractivity contribution >= 4 is 17.5 Å². The molecule has 0 atom stereocenters. The van der Waals surface area contributed by atoms with Gasteiger partial charge in [-0.25, -0.2) is 0 Å². The monoisotopic (exact) mass is 378 g/mol. The van der Waals surface area contributed by atoms with E-state index in [9.17, 15) is 18.4 Å². The zero-order valence-corrected chi connectivity index (χ0v) is 15.1. The second-order valence-electron chi connectivity index (χ2n) is 5.56. The minimum atomic E-state index is -3.12. The van der Waals surface area contributed by atoms with Gasteiger partial charge in [0.05, 0.1) is 12.7 Å². The van der Waals surface area contributed by atoms with Crippen LogP contribution in [-0.4, -0.2) is 32.1 Å². The summed E-state index contributed by atoms with van der Waals surface area (Å²) in [4.78, 5) is 24.6. The SMILES string of the molecule is CCNC(=O)c1ccc(C)c(NC(=O)c2cccc(OC)c2OC(F)F)c1. The van der Waals surface area contributed by atoms with Crippen LogP contribution in [0.25, 0.3) is 0 Å². The van der Waals surface area contributed by atoms with E-state index in [-0.39, 0.29) is 23.0 Å². The van der Waals surface area contributed by atoms with Crippen molar-refractivity contribution in [2.45, 2.75) is 20.5 Å². The molecule has 0 spiro atoms. The molecule has 0 saturated heterocycles. The molecule has 0 aliphatic carbocycles. The number of para-hydroxylation sites is 1. The quantitative estimate of drug-likeness (QED) is 0.772. The zero-order valence-electron chi connectivity index (χ0n) is 15.1. The van der Waals surface area contributed by atoms with Crippen molar-refractivity contribution in [2.24, 2.45) is 0 Å². The highest BCUT2D eigenvalue weighted by atomic mass is 19.3. The van der Waals surface area contributed by atoms with Crippen LogP contribution in [0.4, 0.5) is 14.5 Å². The van der Waals surface area contributed by atoms with E-state index in [0.717, 1.165) is 0 Å². The lowest BCUT2D eigenvalue weighted by Crippen LogP contribution is -2.23. The molecule has 0 bridgehead atoms. The molecule has 0 aliphatic heterocycles. The smallest absolute Gasteiger partial charge is 0.387 e. The number of nitrogens with one attached hydrogen (secondary N) is 2. The fourth-order valence-corrected chi connectivity index (χ4v) is 2.42. The Bertz CT molecular complexity index is 840. The Balaban J connectivity index is 2.35. The summed E-state index contributed by atoms with van der Waals surface area (Å²) in [5, 5.41) is 5.30. The molecular weight excluding hydrogens is 358 g/mol. The predicted octanol–water partition coefficient (Wildman–Crippen LogP) is 3.61. The fourth-order valence-electron chi connectivity index (χ4n) is 2.42.